The number of fused-ring (bicyclic) bond motifs is 1. The molecular weight excluding hydrogens is 304 g/mol. The van der Waals surface area contributed by atoms with Crippen LogP contribution < -0.4 is 5.32 Å². The van der Waals surface area contributed by atoms with Gasteiger partial charge in [0.2, 0.25) is 0 Å². The monoisotopic (exact) mass is 320 g/mol. The molecule has 3 aromatic rings. The van der Waals surface area contributed by atoms with Gasteiger partial charge in [0.15, 0.2) is 0 Å². The molecular formula is C19H16N2O3. The van der Waals surface area contributed by atoms with Gasteiger partial charge < -0.3 is 10.4 Å². The van der Waals surface area contributed by atoms with Crippen molar-refractivity contribution in [1.29, 1.82) is 0 Å². The maximum absolute atomic E-state index is 12.6. The Hall–Kier alpha value is -3.21. The summed E-state index contributed by atoms with van der Waals surface area (Å²) in [4.78, 5) is 28.2. The number of carboxylic acid groups (broad SMARTS) is 1. The molecule has 0 aliphatic rings. The molecule has 0 saturated heterocycles. The number of pyridine rings is 1. The van der Waals surface area contributed by atoms with E-state index in [9.17, 15) is 9.59 Å². The molecule has 1 amide bonds. The lowest BCUT2D eigenvalue weighted by Crippen LogP contribution is -2.38. The van der Waals surface area contributed by atoms with Crippen molar-refractivity contribution < 1.29 is 14.7 Å². The highest BCUT2D eigenvalue weighted by atomic mass is 16.4. The van der Waals surface area contributed by atoms with Gasteiger partial charge >= 0.3 is 5.97 Å². The van der Waals surface area contributed by atoms with Gasteiger partial charge in [-0.05, 0) is 19.1 Å². The summed E-state index contributed by atoms with van der Waals surface area (Å²) in [6.07, 6.45) is 0. The smallest absolute Gasteiger partial charge is 0.325 e. The summed E-state index contributed by atoms with van der Waals surface area (Å²) in [5.41, 5.74) is 2.66. The van der Waals surface area contributed by atoms with Crippen molar-refractivity contribution in [2.45, 2.75) is 13.0 Å². The van der Waals surface area contributed by atoms with Gasteiger partial charge in [-0.3, -0.25) is 9.59 Å². The highest BCUT2D eigenvalue weighted by Crippen LogP contribution is 2.24. The number of para-hydroxylation sites is 1. The Morgan fingerprint density at radius 2 is 1.71 bits per heavy atom. The minimum atomic E-state index is -1.08. The van der Waals surface area contributed by atoms with Gasteiger partial charge in [0.1, 0.15) is 6.04 Å². The molecule has 1 atom stereocenters. The number of hydrogen-bond acceptors (Lipinski definition) is 3. The fourth-order valence-corrected chi connectivity index (χ4v) is 2.46. The third kappa shape index (κ3) is 3.10. The Balaban J connectivity index is 2.11. The average molecular weight is 320 g/mol. The predicted molar refractivity (Wildman–Crippen MR) is 91.7 cm³/mol. The zero-order valence-electron chi connectivity index (χ0n) is 13.1. The van der Waals surface area contributed by atoms with Gasteiger partial charge in [0, 0.05) is 10.9 Å². The van der Waals surface area contributed by atoms with Crippen molar-refractivity contribution in [3.05, 3.63) is 66.2 Å². The molecule has 0 aliphatic carbocycles. The van der Waals surface area contributed by atoms with E-state index in [0.717, 1.165) is 5.56 Å². The maximum atomic E-state index is 12.6. The second kappa shape index (κ2) is 6.50. The summed E-state index contributed by atoms with van der Waals surface area (Å²) >= 11 is 0. The van der Waals surface area contributed by atoms with Crippen molar-refractivity contribution >= 4 is 22.8 Å². The number of aromatic nitrogens is 1. The van der Waals surface area contributed by atoms with Gasteiger partial charge in [0.05, 0.1) is 16.8 Å². The van der Waals surface area contributed by atoms with E-state index in [1.807, 2.05) is 48.5 Å². The number of amides is 1. The lowest BCUT2D eigenvalue weighted by Gasteiger charge is -2.12. The number of benzene rings is 2. The standard InChI is InChI=1S/C19H16N2O3/c1-12(19(23)24)20-18(22)15-11-17(13-7-3-2-4-8-13)21-16-10-6-5-9-14(15)16/h2-12H,1H3,(H,20,22)(H,23,24)/t12-/m0/s1. The van der Waals surface area contributed by atoms with Crippen LogP contribution in [0.3, 0.4) is 0 Å². The van der Waals surface area contributed by atoms with Gasteiger partial charge in [-0.2, -0.15) is 0 Å². The number of hydrogen-bond donors (Lipinski definition) is 2. The molecule has 0 radical (unpaired) electrons. The van der Waals surface area contributed by atoms with E-state index in [-0.39, 0.29) is 0 Å². The van der Waals surface area contributed by atoms with E-state index in [1.165, 1.54) is 6.92 Å². The lowest BCUT2D eigenvalue weighted by atomic mass is 10.0. The van der Waals surface area contributed by atoms with Crippen molar-refractivity contribution in [2.75, 3.05) is 0 Å². The summed E-state index contributed by atoms with van der Waals surface area (Å²) < 4.78 is 0. The van der Waals surface area contributed by atoms with Crippen molar-refractivity contribution in [2.24, 2.45) is 0 Å². The molecule has 120 valence electrons. The van der Waals surface area contributed by atoms with Crippen LogP contribution >= 0.6 is 0 Å². The Bertz CT molecular complexity index is 907. The normalized spacial score (nSPS) is 11.9. The molecule has 1 aromatic heterocycles. The molecule has 0 bridgehead atoms. The first-order valence-corrected chi connectivity index (χ1v) is 7.55. The number of carbonyl (C=O) groups excluding carboxylic acids is 1. The predicted octanol–water partition coefficient (Wildman–Crippen LogP) is 3.10. The first-order chi connectivity index (χ1) is 11.6. The largest absolute Gasteiger partial charge is 0.480 e. The molecule has 0 spiro atoms. The van der Waals surface area contributed by atoms with E-state index >= 15 is 0 Å². The first kappa shape index (κ1) is 15.7. The van der Waals surface area contributed by atoms with Crippen molar-refractivity contribution in [1.82, 2.24) is 10.3 Å². The molecule has 5 nitrogen and oxygen atoms in total. The number of aliphatic carboxylic acids is 1. The Morgan fingerprint density at radius 1 is 1.04 bits per heavy atom. The molecule has 0 saturated carbocycles. The summed E-state index contributed by atoms with van der Waals surface area (Å²) in [6, 6.07) is 17.6. The maximum Gasteiger partial charge on any atom is 0.325 e. The highest BCUT2D eigenvalue weighted by Gasteiger charge is 2.18. The zero-order chi connectivity index (χ0) is 17.1. The zero-order valence-corrected chi connectivity index (χ0v) is 13.1. The Labute approximate surface area is 139 Å². The van der Waals surface area contributed by atoms with E-state index < -0.39 is 17.9 Å². The lowest BCUT2D eigenvalue weighted by molar-refractivity contribution is -0.138. The summed E-state index contributed by atoms with van der Waals surface area (Å²) in [6.45, 7) is 1.43. The summed E-state index contributed by atoms with van der Waals surface area (Å²) in [5, 5.41) is 12.2. The van der Waals surface area contributed by atoms with Crippen LogP contribution in [0, 0.1) is 0 Å². The third-order valence-electron chi connectivity index (χ3n) is 3.75. The highest BCUT2D eigenvalue weighted by molar-refractivity contribution is 6.08. The molecule has 2 aromatic carbocycles. The van der Waals surface area contributed by atoms with Crippen LogP contribution in [-0.2, 0) is 4.79 Å². The SMILES string of the molecule is C[C@H](NC(=O)c1cc(-c2ccccc2)nc2ccccc12)C(=O)O. The van der Waals surface area contributed by atoms with Gasteiger partial charge in [-0.1, -0.05) is 48.5 Å². The number of nitrogens with zero attached hydrogens (tertiary/aromatic N) is 1. The molecule has 1 heterocycles. The minimum Gasteiger partial charge on any atom is -0.480 e. The van der Waals surface area contributed by atoms with Gasteiger partial charge in [0.25, 0.3) is 5.91 Å². The van der Waals surface area contributed by atoms with E-state index in [1.54, 1.807) is 12.1 Å². The third-order valence-corrected chi connectivity index (χ3v) is 3.75. The molecule has 5 heteroatoms. The van der Waals surface area contributed by atoms with Gasteiger partial charge in [-0.25, -0.2) is 4.98 Å². The van der Waals surface area contributed by atoms with Crippen LogP contribution in [0.5, 0.6) is 0 Å². The molecule has 2 N–H and O–H groups in total. The second-order valence-corrected chi connectivity index (χ2v) is 5.47. The number of nitrogens with one attached hydrogen (secondary N) is 1. The molecule has 0 aliphatic heterocycles. The topological polar surface area (TPSA) is 79.3 Å². The van der Waals surface area contributed by atoms with Crippen LogP contribution in [0.1, 0.15) is 17.3 Å². The van der Waals surface area contributed by atoms with Crippen molar-refractivity contribution in [3.63, 3.8) is 0 Å². The van der Waals surface area contributed by atoms with Crippen LogP contribution in [0.2, 0.25) is 0 Å². The number of carbonyl (C=O) groups is 2. The second-order valence-electron chi connectivity index (χ2n) is 5.47. The van der Waals surface area contributed by atoms with Crippen LogP contribution in [0.4, 0.5) is 0 Å². The summed E-state index contributed by atoms with van der Waals surface area (Å²) in [7, 11) is 0. The van der Waals surface area contributed by atoms with E-state index in [4.69, 9.17) is 5.11 Å². The molecule has 24 heavy (non-hydrogen) atoms. The van der Waals surface area contributed by atoms with Crippen LogP contribution in [0.25, 0.3) is 22.2 Å². The quantitative estimate of drug-likeness (QED) is 0.774. The first-order valence-electron chi connectivity index (χ1n) is 7.55. The molecule has 0 fully saturated rings. The number of carboxylic acids is 1. The van der Waals surface area contributed by atoms with E-state index in [2.05, 4.69) is 10.3 Å². The minimum absolute atomic E-state index is 0.410. The van der Waals surface area contributed by atoms with E-state index in [0.29, 0.717) is 22.2 Å². The Morgan fingerprint density at radius 3 is 2.42 bits per heavy atom. The Kier molecular flexibility index (Phi) is 4.24. The molecule has 3 rings (SSSR count). The fraction of sp³-hybridized carbons (Fsp3) is 0.105. The van der Waals surface area contributed by atoms with Crippen LogP contribution in [-0.4, -0.2) is 28.0 Å². The van der Waals surface area contributed by atoms with Crippen LogP contribution in [0.15, 0.2) is 60.7 Å². The van der Waals surface area contributed by atoms with Crippen molar-refractivity contribution in [3.8, 4) is 11.3 Å². The average Bonchev–Trinajstić information content (AvgIpc) is 2.61. The molecule has 0 unspecified atom stereocenters. The van der Waals surface area contributed by atoms with Gasteiger partial charge in [-0.15, -0.1) is 0 Å². The number of rotatable bonds is 4. The fourth-order valence-electron chi connectivity index (χ4n) is 2.46. The summed E-state index contributed by atoms with van der Waals surface area (Å²) in [5.74, 6) is -1.51.